The molecule has 4 aliphatic rings. The SMILES string of the molecule is O=C1[C@H]2[C@H](C(=O)N1c1ccc(Oc3ccc4c(c3)OCO4)cc1)[C@H]1C=C[C@H]2C1. The van der Waals surface area contributed by atoms with Crippen molar-refractivity contribution < 1.29 is 23.8 Å². The van der Waals surface area contributed by atoms with E-state index in [1.807, 2.05) is 0 Å². The van der Waals surface area contributed by atoms with Gasteiger partial charge in [-0.3, -0.25) is 14.5 Å². The van der Waals surface area contributed by atoms with Gasteiger partial charge in [0.25, 0.3) is 0 Å². The smallest absolute Gasteiger partial charge is 0.238 e. The Morgan fingerprint density at radius 3 is 2.18 bits per heavy atom. The van der Waals surface area contributed by atoms with Crippen molar-refractivity contribution in [3.8, 4) is 23.0 Å². The van der Waals surface area contributed by atoms with Crippen molar-refractivity contribution in [2.24, 2.45) is 23.7 Å². The molecular formula is C22H17NO5. The van der Waals surface area contributed by atoms with Crippen LogP contribution >= 0.6 is 0 Å². The van der Waals surface area contributed by atoms with Gasteiger partial charge in [-0.05, 0) is 54.7 Å². The average Bonchev–Trinajstić information content (AvgIpc) is 3.47. The second-order valence-electron chi connectivity index (χ2n) is 7.62. The van der Waals surface area contributed by atoms with Crippen LogP contribution in [-0.2, 0) is 9.59 Å². The lowest BCUT2D eigenvalue weighted by atomic mass is 9.85. The Morgan fingerprint density at radius 2 is 1.46 bits per heavy atom. The summed E-state index contributed by atoms with van der Waals surface area (Å²) >= 11 is 0. The summed E-state index contributed by atoms with van der Waals surface area (Å²) in [5.41, 5.74) is 0.599. The minimum Gasteiger partial charge on any atom is -0.457 e. The van der Waals surface area contributed by atoms with Crippen LogP contribution in [0.3, 0.4) is 0 Å². The van der Waals surface area contributed by atoms with Gasteiger partial charge in [0.2, 0.25) is 18.6 Å². The maximum Gasteiger partial charge on any atom is 0.238 e. The van der Waals surface area contributed by atoms with Crippen molar-refractivity contribution in [3.05, 3.63) is 54.6 Å². The molecule has 0 unspecified atom stereocenters. The number of hydrogen-bond donors (Lipinski definition) is 0. The van der Waals surface area contributed by atoms with E-state index in [0.29, 0.717) is 28.7 Å². The second kappa shape index (κ2) is 5.61. The lowest BCUT2D eigenvalue weighted by Crippen LogP contribution is -2.32. The Bertz CT molecular complexity index is 998. The first-order valence-corrected chi connectivity index (χ1v) is 9.43. The first-order chi connectivity index (χ1) is 13.7. The monoisotopic (exact) mass is 375 g/mol. The van der Waals surface area contributed by atoms with E-state index in [1.165, 1.54) is 4.90 Å². The Labute approximate surface area is 161 Å². The number of anilines is 1. The number of ether oxygens (including phenoxy) is 3. The molecule has 2 amide bonds. The molecule has 0 N–H and O–H groups in total. The molecule has 0 aromatic heterocycles. The van der Waals surface area contributed by atoms with Crippen molar-refractivity contribution in [2.75, 3.05) is 11.7 Å². The first-order valence-electron chi connectivity index (χ1n) is 9.43. The summed E-state index contributed by atoms with van der Waals surface area (Å²) in [5.74, 6) is 2.49. The normalized spacial score (nSPS) is 28.9. The molecular weight excluding hydrogens is 358 g/mol. The van der Waals surface area contributed by atoms with Gasteiger partial charge in [0.1, 0.15) is 11.5 Å². The molecule has 6 rings (SSSR count). The first kappa shape index (κ1) is 15.7. The van der Waals surface area contributed by atoms with E-state index in [1.54, 1.807) is 42.5 Å². The fourth-order valence-corrected chi connectivity index (χ4v) is 4.90. The average molecular weight is 375 g/mol. The second-order valence-corrected chi connectivity index (χ2v) is 7.62. The summed E-state index contributed by atoms with van der Waals surface area (Å²) in [4.78, 5) is 27.1. The van der Waals surface area contributed by atoms with E-state index in [4.69, 9.17) is 14.2 Å². The standard InChI is InChI=1S/C22H17NO5/c24-21-19-12-1-2-13(9-12)20(19)22(25)23(21)14-3-5-15(6-4-14)28-16-7-8-17-18(10-16)27-11-26-17/h1-8,10,12-13,19-20H,9,11H2/t12-,13-,19+,20+/m0/s1. The van der Waals surface area contributed by atoms with Gasteiger partial charge in [0.15, 0.2) is 11.5 Å². The highest BCUT2D eigenvalue weighted by Crippen LogP contribution is 2.53. The third-order valence-corrected chi connectivity index (χ3v) is 6.15. The number of amides is 2. The van der Waals surface area contributed by atoms with Crippen molar-refractivity contribution in [3.63, 3.8) is 0 Å². The van der Waals surface area contributed by atoms with E-state index < -0.39 is 0 Å². The molecule has 1 saturated carbocycles. The Hall–Kier alpha value is -3.28. The van der Waals surface area contributed by atoms with Crippen LogP contribution in [0.5, 0.6) is 23.0 Å². The maximum absolute atomic E-state index is 12.9. The highest BCUT2D eigenvalue weighted by Gasteiger charge is 2.59. The largest absolute Gasteiger partial charge is 0.457 e. The molecule has 2 aliphatic carbocycles. The molecule has 2 bridgehead atoms. The summed E-state index contributed by atoms with van der Waals surface area (Å²) in [7, 11) is 0. The van der Waals surface area contributed by atoms with Crippen LogP contribution < -0.4 is 19.1 Å². The molecule has 140 valence electrons. The predicted molar refractivity (Wildman–Crippen MR) is 99.3 cm³/mol. The molecule has 0 spiro atoms. The number of carbonyl (C=O) groups is 2. The Kier molecular flexibility index (Phi) is 3.15. The lowest BCUT2D eigenvalue weighted by molar-refractivity contribution is -0.123. The van der Waals surface area contributed by atoms with Gasteiger partial charge >= 0.3 is 0 Å². The molecule has 2 heterocycles. The zero-order chi connectivity index (χ0) is 18.8. The van der Waals surface area contributed by atoms with Crippen LogP contribution in [0.15, 0.2) is 54.6 Å². The number of benzene rings is 2. The van der Waals surface area contributed by atoms with Crippen molar-refractivity contribution >= 4 is 17.5 Å². The molecule has 4 atom stereocenters. The van der Waals surface area contributed by atoms with E-state index in [-0.39, 0.29) is 42.3 Å². The molecule has 6 nitrogen and oxygen atoms in total. The van der Waals surface area contributed by atoms with Gasteiger partial charge in [-0.15, -0.1) is 0 Å². The van der Waals surface area contributed by atoms with E-state index in [9.17, 15) is 9.59 Å². The number of allylic oxidation sites excluding steroid dienone is 2. The topological polar surface area (TPSA) is 65.1 Å². The number of fused-ring (bicyclic) bond motifs is 6. The molecule has 2 fully saturated rings. The lowest BCUT2D eigenvalue weighted by Gasteiger charge is -2.17. The van der Waals surface area contributed by atoms with Gasteiger partial charge in [0, 0.05) is 6.07 Å². The Balaban J connectivity index is 1.23. The van der Waals surface area contributed by atoms with E-state index in [2.05, 4.69) is 12.2 Å². The van der Waals surface area contributed by atoms with Gasteiger partial charge in [0.05, 0.1) is 17.5 Å². The van der Waals surface area contributed by atoms with Gasteiger partial charge in [-0.25, -0.2) is 0 Å². The summed E-state index contributed by atoms with van der Waals surface area (Å²) in [5, 5.41) is 0. The third kappa shape index (κ3) is 2.14. The maximum atomic E-state index is 12.9. The molecule has 2 aromatic rings. The number of rotatable bonds is 3. The number of hydrogen-bond acceptors (Lipinski definition) is 5. The fourth-order valence-electron chi connectivity index (χ4n) is 4.90. The number of carbonyl (C=O) groups excluding carboxylic acids is 2. The van der Waals surface area contributed by atoms with Crippen molar-refractivity contribution in [1.82, 2.24) is 0 Å². The highest BCUT2D eigenvalue weighted by atomic mass is 16.7. The minimum atomic E-state index is -0.188. The molecule has 2 aliphatic heterocycles. The molecule has 28 heavy (non-hydrogen) atoms. The zero-order valence-corrected chi connectivity index (χ0v) is 14.9. The quantitative estimate of drug-likeness (QED) is 0.607. The number of nitrogens with zero attached hydrogens (tertiary/aromatic N) is 1. The van der Waals surface area contributed by atoms with Crippen LogP contribution in [0.25, 0.3) is 0 Å². The third-order valence-electron chi connectivity index (χ3n) is 6.15. The van der Waals surface area contributed by atoms with Crippen molar-refractivity contribution in [1.29, 1.82) is 0 Å². The minimum absolute atomic E-state index is 0.0729. The molecule has 2 aromatic carbocycles. The molecule has 0 radical (unpaired) electrons. The summed E-state index contributed by atoms with van der Waals surface area (Å²) in [6, 6.07) is 12.4. The van der Waals surface area contributed by atoms with Crippen LogP contribution in [0, 0.1) is 23.7 Å². The highest BCUT2D eigenvalue weighted by molar-refractivity contribution is 6.22. The fraction of sp³-hybridized carbons (Fsp3) is 0.273. The van der Waals surface area contributed by atoms with Crippen molar-refractivity contribution in [2.45, 2.75) is 6.42 Å². The van der Waals surface area contributed by atoms with Gasteiger partial charge in [-0.1, -0.05) is 12.2 Å². The summed E-state index contributed by atoms with van der Waals surface area (Å²) in [6.07, 6.45) is 5.13. The predicted octanol–water partition coefficient (Wildman–Crippen LogP) is 3.52. The van der Waals surface area contributed by atoms with Crippen LogP contribution in [0.1, 0.15) is 6.42 Å². The van der Waals surface area contributed by atoms with Gasteiger partial charge in [-0.2, -0.15) is 0 Å². The Morgan fingerprint density at radius 1 is 0.821 bits per heavy atom. The zero-order valence-electron chi connectivity index (χ0n) is 14.9. The van der Waals surface area contributed by atoms with Crippen LogP contribution in [0.2, 0.25) is 0 Å². The summed E-state index contributed by atoms with van der Waals surface area (Å²) in [6.45, 7) is 0.213. The van der Waals surface area contributed by atoms with E-state index >= 15 is 0 Å². The van der Waals surface area contributed by atoms with Gasteiger partial charge < -0.3 is 14.2 Å². The van der Waals surface area contributed by atoms with Crippen LogP contribution in [0.4, 0.5) is 5.69 Å². The van der Waals surface area contributed by atoms with Crippen LogP contribution in [-0.4, -0.2) is 18.6 Å². The number of imide groups is 1. The molecule has 1 saturated heterocycles. The van der Waals surface area contributed by atoms with E-state index in [0.717, 1.165) is 6.42 Å². The molecule has 6 heteroatoms. The summed E-state index contributed by atoms with van der Waals surface area (Å²) < 4.78 is 16.5.